The van der Waals surface area contributed by atoms with Gasteiger partial charge < -0.3 is 23.8 Å². The number of methoxy groups -OCH3 is 1. The Morgan fingerprint density at radius 2 is 1.88 bits per heavy atom. The van der Waals surface area contributed by atoms with Gasteiger partial charge in [0.05, 0.1) is 6.54 Å². The van der Waals surface area contributed by atoms with Crippen LogP contribution in [0, 0.1) is 0 Å². The van der Waals surface area contributed by atoms with E-state index in [1.54, 1.807) is 12.0 Å². The van der Waals surface area contributed by atoms with E-state index in [0.717, 1.165) is 47.0 Å². The fourth-order valence-electron chi connectivity index (χ4n) is 5.56. The molecule has 0 spiro atoms. The Labute approximate surface area is 251 Å². The van der Waals surface area contributed by atoms with Crippen molar-refractivity contribution in [1.82, 2.24) is 14.4 Å². The van der Waals surface area contributed by atoms with E-state index in [9.17, 15) is 9.59 Å². The van der Waals surface area contributed by atoms with Crippen LogP contribution in [0.3, 0.4) is 0 Å². The van der Waals surface area contributed by atoms with Crippen LogP contribution in [0.5, 0.6) is 0 Å². The molecule has 0 atom stereocenters. The lowest BCUT2D eigenvalue weighted by Gasteiger charge is -2.34. The molecule has 5 rings (SSSR count). The summed E-state index contributed by atoms with van der Waals surface area (Å²) in [6.07, 6.45) is 5.31. The number of fused-ring (bicyclic) bond motifs is 1. The molecule has 8 heteroatoms. The van der Waals surface area contributed by atoms with Gasteiger partial charge in [0.15, 0.2) is 0 Å². The molecule has 2 aliphatic rings. The summed E-state index contributed by atoms with van der Waals surface area (Å²) in [6.45, 7) is 8.43. The van der Waals surface area contributed by atoms with Crippen molar-refractivity contribution in [1.29, 1.82) is 0 Å². The van der Waals surface area contributed by atoms with Gasteiger partial charge in [-0.15, -0.1) is 0 Å². The Kier molecular flexibility index (Phi) is 8.90. The molecule has 0 saturated heterocycles. The molecule has 218 valence electrons. The number of para-hydroxylation sites is 1. The molecule has 7 nitrogen and oxygen atoms in total. The zero-order valence-corrected chi connectivity index (χ0v) is 26.1. The van der Waals surface area contributed by atoms with E-state index in [4.69, 9.17) is 9.47 Å². The van der Waals surface area contributed by atoms with Gasteiger partial charge in [-0.05, 0) is 81.4 Å². The van der Waals surface area contributed by atoms with E-state index in [-0.39, 0.29) is 24.6 Å². The second-order valence-corrected chi connectivity index (χ2v) is 12.9. The fourth-order valence-corrected chi connectivity index (χ4v) is 5.96. The molecular weight excluding hydrogens is 582 g/mol. The van der Waals surface area contributed by atoms with Gasteiger partial charge in [-0.25, -0.2) is 4.79 Å². The summed E-state index contributed by atoms with van der Waals surface area (Å²) in [5.41, 5.74) is 4.40. The minimum Gasteiger partial charge on any atom is -0.444 e. The Morgan fingerprint density at radius 1 is 1.10 bits per heavy atom. The lowest BCUT2D eigenvalue weighted by atomic mass is 9.92. The van der Waals surface area contributed by atoms with Crippen molar-refractivity contribution in [2.75, 3.05) is 26.8 Å². The van der Waals surface area contributed by atoms with E-state index in [0.29, 0.717) is 31.7 Å². The predicted molar refractivity (Wildman–Crippen MR) is 165 cm³/mol. The molecule has 1 saturated carbocycles. The molecule has 3 aromatic rings. The first-order valence-corrected chi connectivity index (χ1v) is 15.3. The number of halogens is 1. The molecule has 41 heavy (non-hydrogen) atoms. The molecule has 0 bridgehead atoms. The third kappa shape index (κ3) is 7.04. The number of rotatable bonds is 9. The topological polar surface area (TPSA) is 64.0 Å². The summed E-state index contributed by atoms with van der Waals surface area (Å²) >= 11 is 3.60. The van der Waals surface area contributed by atoms with Gasteiger partial charge >= 0.3 is 6.09 Å². The first-order chi connectivity index (χ1) is 19.6. The minimum absolute atomic E-state index is 0.00643. The first-order valence-electron chi connectivity index (χ1n) is 14.5. The van der Waals surface area contributed by atoms with Crippen LogP contribution < -0.4 is 0 Å². The number of aromatic nitrogens is 1. The highest BCUT2D eigenvalue weighted by Gasteiger charge is 2.38. The van der Waals surface area contributed by atoms with Gasteiger partial charge in [-0.2, -0.15) is 0 Å². The first kappa shape index (κ1) is 29.4. The quantitative estimate of drug-likeness (QED) is 0.241. The second-order valence-electron chi connectivity index (χ2n) is 12.0. The van der Waals surface area contributed by atoms with Crippen LogP contribution in [0.25, 0.3) is 16.5 Å². The van der Waals surface area contributed by atoms with Gasteiger partial charge in [-0.3, -0.25) is 4.79 Å². The van der Waals surface area contributed by atoms with Crippen molar-refractivity contribution in [3.63, 3.8) is 0 Å². The maximum atomic E-state index is 14.5. The molecular formula is C33H40BrN3O4. The SMILES string of the molecule is COCCCn1cc(CN(C(=O)C2=C(c3cccc(Br)c3)CCN(C(=O)OC(C)(C)C)C2)C2CC2)c2ccccc21. The molecule has 1 aliphatic carbocycles. The minimum atomic E-state index is -0.604. The van der Waals surface area contributed by atoms with Gasteiger partial charge in [-0.1, -0.05) is 46.3 Å². The summed E-state index contributed by atoms with van der Waals surface area (Å²) in [5, 5.41) is 1.17. The summed E-state index contributed by atoms with van der Waals surface area (Å²) in [6, 6.07) is 16.7. The van der Waals surface area contributed by atoms with Crippen LogP contribution in [0.1, 0.15) is 57.6 Å². The van der Waals surface area contributed by atoms with Crippen LogP contribution in [0.4, 0.5) is 4.79 Å². The number of carbonyl (C=O) groups excluding carboxylic acids is 2. The number of carbonyl (C=O) groups is 2. The Morgan fingerprint density at radius 3 is 2.59 bits per heavy atom. The Bertz CT molecular complexity index is 1450. The highest BCUT2D eigenvalue weighted by molar-refractivity contribution is 9.10. The van der Waals surface area contributed by atoms with Crippen LogP contribution >= 0.6 is 15.9 Å². The third-order valence-electron chi connectivity index (χ3n) is 7.64. The average Bonchev–Trinajstić information content (AvgIpc) is 3.73. The van der Waals surface area contributed by atoms with Crippen LogP contribution in [0.15, 0.2) is 64.8 Å². The number of aryl methyl sites for hydroxylation is 1. The standard InChI is InChI=1S/C33H40BrN3O4/c1-33(2,3)41-32(39)36-17-15-27(23-9-7-10-25(34)19-23)29(22-36)31(38)37(26-13-14-26)21-24-20-35(16-8-18-40-4)30-12-6-5-11-28(24)30/h5-7,9-12,19-20,26H,8,13-18,21-22H2,1-4H3. The number of nitrogens with zero attached hydrogens (tertiary/aromatic N) is 3. The van der Waals surface area contributed by atoms with Crippen molar-refractivity contribution in [2.45, 2.75) is 71.2 Å². The van der Waals surface area contributed by atoms with Crippen molar-refractivity contribution in [3.8, 4) is 0 Å². The highest BCUT2D eigenvalue weighted by atomic mass is 79.9. The smallest absolute Gasteiger partial charge is 0.410 e. The lowest BCUT2D eigenvalue weighted by molar-refractivity contribution is -0.128. The molecule has 1 aliphatic heterocycles. The van der Waals surface area contributed by atoms with Crippen molar-refractivity contribution >= 4 is 44.4 Å². The number of hydrogen-bond donors (Lipinski definition) is 0. The summed E-state index contributed by atoms with van der Waals surface area (Å²) in [5.74, 6) is 0.00643. The van der Waals surface area contributed by atoms with Gasteiger partial charge in [0, 0.05) is 66.5 Å². The van der Waals surface area contributed by atoms with E-state index < -0.39 is 5.60 Å². The van der Waals surface area contributed by atoms with Crippen LogP contribution in [0.2, 0.25) is 0 Å². The Hall–Kier alpha value is -3.10. The summed E-state index contributed by atoms with van der Waals surface area (Å²) < 4.78 is 14.2. The lowest BCUT2D eigenvalue weighted by Crippen LogP contribution is -2.44. The zero-order valence-electron chi connectivity index (χ0n) is 24.5. The summed E-state index contributed by atoms with van der Waals surface area (Å²) in [7, 11) is 1.73. The van der Waals surface area contributed by atoms with Gasteiger partial charge in [0.1, 0.15) is 5.60 Å². The average molecular weight is 623 g/mol. The van der Waals surface area contributed by atoms with Crippen LogP contribution in [-0.4, -0.2) is 64.8 Å². The molecule has 1 fully saturated rings. The monoisotopic (exact) mass is 621 g/mol. The number of benzene rings is 2. The van der Waals surface area contributed by atoms with Crippen molar-refractivity contribution < 1.29 is 19.1 Å². The normalized spacial score (nSPS) is 15.9. The molecule has 0 N–H and O–H groups in total. The van der Waals surface area contributed by atoms with Gasteiger partial charge in [0.2, 0.25) is 0 Å². The van der Waals surface area contributed by atoms with E-state index in [1.807, 2.05) is 43.9 Å². The molecule has 2 aromatic carbocycles. The fraction of sp³-hybridized carbons (Fsp3) is 0.455. The highest BCUT2D eigenvalue weighted by Crippen LogP contribution is 2.36. The maximum absolute atomic E-state index is 14.5. The number of ether oxygens (including phenoxy) is 2. The van der Waals surface area contributed by atoms with E-state index in [2.05, 4.69) is 57.0 Å². The Balaban J connectivity index is 1.49. The predicted octanol–water partition coefficient (Wildman–Crippen LogP) is 7.03. The third-order valence-corrected chi connectivity index (χ3v) is 8.13. The number of hydrogen-bond acceptors (Lipinski definition) is 4. The van der Waals surface area contributed by atoms with E-state index in [1.165, 1.54) is 10.9 Å². The largest absolute Gasteiger partial charge is 0.444 e. The number of amides is 2. The van der Waals surface area contributed by atoms with Crippen molar-refractivity contribution in [2.24, 2.45) is 0 Å². The summed E-state index contributed by atoms with van der Waals surface area (Å²) in [4.78, 5) is 31.3. The van der Waals surface area contributed by atoms with Crippen molar-refractivity contribution in [3.05, 3.63) is 75.9 Å². The molecule has 2 amide bonds. The van der Waals surface area contributed by atoms with E-state index >= 15 is 0 Å². The molecule has 1 aromatic heterocycles. The van der Waals surface area contributed by atoms with Crippen LogP contribution in [-0.2, 0) is 27.4 Å². The maximum Gasteiger partial charge on any atom is 0.410 e. The molecule has 2 heterocycles. The molecule has 0 radical (unpaired) electrons. The van der Waals surface area contributed by atoms with Gasteiger partial charge in [0.25, 0.3) is 5.91 Å². The second kappa shape index (κ2) is 12.4. The molecule has 0 unspecified atom stereocenters. The zero-order chi connectivity index (χ0) is 29.1.